The molecule has 4 heteroatoms. The zero-order chi connectivity index (χ0) is 13.9. The molecule has 0 spiro atoms. The van der Waals surface area contributed by atoms with Crippen LogP contribution in [0, 0.1) is 0 Å². The average Bonchev–Trinajstić information content (AvgIpc) is 2.30. The number of hydrogen-bond donors (Lipinski definition) is 2. The third kappa shape index (κ3) is 10.1. The number of hydrogen-bond acceptors (Lipinski definition) is 1. The maximum atomic E-state index is 11.4. The van der Waals surface area contributed by atoms with E-state index in [9.17, 15) is 14.4 Å². The summed E-state index contributed by atoms with van der Waals surface area (Å²) in [6.45, 7) is 4.32. The summed E-state index contributed by atoms with van der Waals surface area (Å²) in [4.78, 5) is 18.7. The molecular formula is C14H31O3P. The van der Waals surface area contributed by atoms with Gasteiger partial charge in [-0.1, -0.05) is 71.6 Å². The summed E-state index contributed by atoms with van der Waals surface area (Å²) >= 11 is 0. The van der Waals surface area contributed by atoms with Crippen molar-refractivity contribution in [3.05, 3.63) is 0 Å². The minimum Gasteiger partial charge on any atom is -0.324 e. The van der Waals surface area contributed by atoms with Crippen molar-refractivity contribution in [2.75, 3.05) is 0 Å². The van der Waals surface area contributed by atoms with E-state index in [4.69, 9.17) is 0 Å². The summed E-state index contributed by atoms with van der Waals surface area (Å²) in [7, 11) is -3.88. The standard InChI is InChI=1S/C14H31O3P/c1-3-5-7-9-11-13-14(18(15,16)17)12-10-8-6-4-2/h14H,3-13H2,1-2H3,(H2,15,16,17). The maximum absolute atomic E-state index is 11.4. The monoisotopic (exact) mass is 278 g/mol. The van der Waals surface area contributed by atoms with Gasteiger partial charge in [0.2, 0.25) is 0 Å². The third-order valence-corrected chi connectivity index (χ3v) is 4.98. The second-order valence-corrected chi connectivity index (χ2v) is 7.20. The van der Waals surface area contributed by atoms with Crippen molar-refractivity contribution < 1.29 is 14.4 Å². The number of rotatable bonds is 12. The van der Waals surface area contributed by atoms with Gasteiger partial charge in [0.25, 0.3) is 0 Å². The van der Waals surface area contributed by atoms with Crippen LogP contribution in [-0.4, -0.2) is 15.4 Å². The fraction of sp³-hybridized carbons (Fsp3) is 1.00. The van der Waals surface area contributed by atoms with E-state index in [1.807, 2.05) is 0 Å². The van der Waals surface area contributed by atoms with Crippen LogP contribution in [0.4, 0.5) is 0 Å². The van der Waals surface area contributed by atoms with Crippen molar-refractivity contribution in [3.63, 3.8) is 0 Å². The molecule has 0 aromatic rings. The maximum Gasteiger partial charge on any atom is 0.328 e. The molecule has 0 amide bonds. The Hall–Kier alpha value is 0.150. The molecule has 110 valence electrons. The molecule has 3 nitrogen and oxygen atoms in total. The van der Waals surface area contributed by atoms with E-state index in [1.165, 1.54) is 25.7 Å². The van der Waals surface area contributed by atoms with Crippen molar-refractivity contribution in [2.45, 2.75) is 90.1 Å². The van der Waals surface area contributed by atoms with Gasteiger partial charge in [0.05, 0.1) is 5.66 Å². The first-order chi connectivity index (χ1) is 8.52. The van der Waals surface area contributed by atoms with E-state index in [1.54, 1.807) is 0 Å². The van der Waals surface area contributed by atoms with Crippen LogP contribution in [0.5, 0.6) is 0 Å². The van der Waals surface area contributed by atoms with Crippen LogP contribution in [0.2, 0.25) is 0 Å². The lowest BCUT2D eigenvalue weighted by Crippen LogP contribution is -2.08. The Labute approximate surface area is 113 Å². The van der Waals surface area contributed by atoms with Gasteiger partial charge >= 0.3 is 7.60 Å². The van der Waals surface area contributed by atoms with Gasteiger partial charge in [0, 0.05) is 0 Å². The number of unbranched alkanes of at least 4 members (excludes halogenated alkanes) is 7. The van der Waals surface area contributed by atoms with Crippen molar-refractivity contribution in [1.82, 2.24) is 0 Å². The molecule has 0 saturated heterocycles. The first kappa shape index (κ1) is 18.1. The highest BCUT2D eigenvalue weighted by Gasteiger charge is 2.27. The van der Waals surface area contributed by atoms with E-state index >= 15 is 0 Å². The summed E-state index contributed by atoms with van der Waals surface area (Å²) in [6, 6.07) is 0. The summed E-state index contributed by atoms with van der Waals surface area (Å²) in [5.74, 6) is 0. The molecule has 0 aromatic carbocycles. The molecule has 0 aliphatic heterocycles. The van der Waals surface area contributed by atoms with Gasteiger partial charge in [-0.25, -0.2) is 0 Å². The van der Waals surface area contributed by atoms with Crippen LogP contribution in [0.15, 0.2) is 0 Å². The molecule has 0 saturated carbocycles. The fourth-order valence-electron chi connectivity index (χ4n) is 2.27. The predicted molar refractivity (Wildman–Crippen MR) is 78.0 cm³/mol. The van der Waals surface area contributed by atoms with Gasteiger partial charge in [-0.3, -0.25) is 4.57 Å². The van der Waals surface area contributed by atoms with Crippen LogP contribution in [0.3, 0.4) is 0 Å². The Morgan fingerprint density at radius 2 is 1.17 bits per heavy atom. The van der Waals surface area contributed by atoms with E-state index < -0.39 is 13.3 Å². The molecule has 0 bridgehead atoms. The molecule has 0 aliphatic rings. The quantitative estimate of drug-likeness (QED) is 0.396. The summed E-state index contributed by atoms with van der Waals surface area (Å²) in [5, 5.41) is 0. The van der Waals surface area contributed by atoms with Gasteiger partial charge in [0.1, 0.15) is 0 Å². The lowest BCUT2D eigenvalue weighted by Gasteiger charge is -2.18. The van der Waals surface area contributed by atoms with Crippen molar-refractivity contribution in [2.24, 2.45) is 0 Å². The highest BCUT2D eigenvalue weighted by atomic mass is 31.2. The molecule has 1 atom stereocenters. The Morgan fingerprint density at radius 3 is 1.56 bits per heavy atom. The molecule has 0 aromatic heterocycles. The molecule has 0 radical (unpaired) electrons. The molecular weight excluding hydrogens is 247 g/mol. The summed E-state index contributed by atoms with van der Waals surface area (Å²) in [5.41, 5.74) is -0.393. The average molecular weight is 278 g/mol. The minimum absolute atomic E-state index is 0.393. The molecule has 0 fully saturated rings. The van der Waals surface area contributed by atoms with Crippen LogP contribution < -0.4 is 0 Å². The van der Waals surface area contributed by atoms with Crippen LogP contribution in [-0.2, 0) is 4.57 Å². The van der Waals surface area contributed by atoms with Gasteiger partial charge in [-0.2, -0.15) is 0 Å². The predicted octanol–water partition coefficient (Wildman–Crippen LogP) is 4.86. The molecule has 18 heavy (non-hydrogen) atoms. The highest BCUT2D eigenvalue weighted by molar-refractivity contribution is 7.52. The zero-order valence-electron chi connectivity index (χ0n) is 12.1. The highest BCUT2D eigenvalue weighted by Crippen LogP contribution is 2.46. The first-order valence-corrected chi connectivity index (χ1v) is 9.25. The second kappa shape index (κ2) is 11.0. The molecule has 0 rings (SSSR count). The lowest BCUT2D eigenvalue weighted by molar-refractivity contribution is 0.345. The Balaban J connectivity index is 3.83. The smallest absolute Gasteiger partial charge is 0.324 e. The minimum atomic E-state index is -3.88. The fourth-order valence-corrected chi connectivity index (χ4v) is 3.31. The molecule has 1 unspecified atom stereocenters. The normalized spacial score (nSPS) is 13.8. The topological polar surface area (TPSA) is 57.5 Å². The van der Waals surface area contributed by atoms with Gasteiger partial charge in [-0.05, 0) is 12.8 Å². The Morgan fingerprint density at radius 1 is 0.778 bits per heavy atom. The molecule has 0 aliphatic carbocycles. The zero-order valence-corrected chi connectivity index (χ0v) is 13.0. The van der Waals surface area contributed by atoms with Crippen LogP contribution in [0.1, 0.15) is 84.5 Å². The van der Waals surface area contributed by atoms with E-state index in [0.29, 0.717) is 12.8 Å². The third-order valence-electron chi connectivity index (χ3n) is 3.51. The largest absolute Gasteiger partial charge is 0.328 e. The van der Waals surface area contributed by atoms with Crippen molar-refractivity contribution in [3.8, 4) is 0 Å². The van der Waals surface area contributed by atoms with Crippen molar-refractivity contribution >= 4 is 7.60 Å². The molecule has 2 N–H and O–H groups in total. The van der Waals surface area contributed by atoms with Crippen LogP contribution in [0.25, 0.3) is 0 Å². The van der Waals surface area contributed by atoms with Crippen LogP contribution >= 0.6 is 7.60 Å². The summed E-state index contributed by atoms with van der Waals surface area (Å²) in [6.07, 6.45) is 11.5. The van der Waals surface area contributed by atoms with E-state index in [-0.39, 0.29) is 0 Å². The SMILES string of the molecule is CCCCCCCC(CCCCCC)P(=O)(O)O. The Bertz CT molecular complexity index is 225. The van der Waals surface area contributed by atoms with E-state index in [2.05, 4.69) is 13.8 Å². The summed E-state index contributed by atoms with van der Waals surface area (Å²) < 4.78 is 11.4. The molecule has 0 heterocycles. The van der Waals surface area contributed by atoms with E-state index in [0.717, 1.165) is 32.1 Å². The van der Waals surface area contributed by atoms with Gasteiger partial charge in [-0.15, -0.1) is 0 Å². The Kier molecular flexibility index (Phi) is 11.1. The second-order valence-electron chi connectivity index (χ2n) is 5.30. The first-order valence-electron chi connectivity index (χ1n) is 7.57. The van der Waals surface area contributed by atoms with Crippen molar-refractivity contribution in [1.29, 1.82) is 0 Å². The van der Waals surface area contributed by atoms with Gasteiger partial charge < -0.3 is 9.79 Å². The van der Waals surface area contributed by atoms with Gasteiger partial charge in [0.15, 0.2) is 0 Å². The lowest BCUT2D eigenvalue weighted by atomic mass is 10.0.